The van der Waals surface area contributed by atoms with Crippen molar-refractivity contribution in [3.05, 3.63) is 59.7 Å². The summed E-state index contributed by atoms with van der Waals surface area (Å²) in [6.07, 6.45) is -0.564. The van der Waals surface area contributed by atoms with E-state index in [1.807, 2.05) is 0 Å². The van der Waals surface area contributed by atoms with Crippen molar-refractivity contribution in [2.75, 3.05) is 33.5 Å². The molecule has 2 N–H and O–H groups in total. The number of ether oxygens (including phenoxy) is 4. The van der Waals surface area contributed by atoms with Gasteiger partial charge in [0.15, 0.2) is 11.6 Å². The normalized spacial score (nSPS) is 18.6. The number of aliphatic imine (C=N–C) groups is 1. The zero-order chi connectivity index (χ0) is 28.5. The molecule has 0 aliphatic carbocycles. The van der Waals surface area contributed by atoms with E-state index in [2.05, 4.69) is 5.32 Å². The summed E-state index contributed by atoms with van der Waals surface area (Å²) in [4.78, 5) is 31.1. The van der Waals surface area contributed by atoms with Crippen LogP contribution in [-0.4, -0.2) is 67.6 Å². The highest BCUT2D eigenvalue weighted by molar-refractivity contribution is 6.01. The van der Waals surface area contributed by atoms with Gasteiger partial charge in [-0.15, -0.1) is 0 Å². The molecule has 1 aliphatic heterocycles. The summed E-state index contributed by atoms with van der Waals surface area (Å²) in [5, 5.41) is 11.6. The van der Waals surface area contributed by atoms with Gasteiger partial charge in [-0.3, -0.25) is 9.59 Å². The summed E-state index contributed by atoms with van der Waals surface area (Å²) in [5.74, 6) is 0.309. The second-order valence-corrected chi connectivity index (χ2v) is 10.1. The molecule has 0 saturated heterocycles. The van der Waals surface area contributed by atoms with Crippen molar-refractivity contribution in [1.82, 2.24) is 5.32 Å². The first-order chi connectivity index (χ1) is 18.6. The Morgan fingerprint density at radius 3 is 2.54 bits per heavy atom. The van der Waals surface area contributed by atoms with E-state index in [4.69, 9.17) is 29.0 Å². The summed E-state index contributed by atoms with van der Waals surface area (Å²) < 4.78 is 35.9. The number of carbonyl (C=O) groups is 2. The minimum atomic E-state index is -1.58. The smallest absolute Gasteiger partial charge is 0.306 e. The van der Waals surface area contributed by atoms with Crippen LogP contribution in [0.4, 0.5) is 4.39 Å². The summed E-state index contributed by atoms with van der Waals surface area (Å²) in [6.45, 7) is 4.73. The number of rotatable bonds is 13. The number of aliphatic hydroxyl groups is 1. The van der Waals surface area contributed by atoms with Crippen LogP contribution in [0.25, 0.3) is 0 Å². The summed E-state index contributed by atoms with van der Waals surface area (Å²) in [6, 6.07) is 14.0. The fraction of sp³-hybridized carbons (Fsp3) is 0.483. The first-order valence-corrected chi connectivity index (χ1v) is 12.9. The number of hydrogen-bond acceptors (Lipinski definition) is 8. The zero-order valence-electron chi connectivity index (χ0n) is 22.9. The SMILES string of the molecule is COc1cccc([C@H]2OC(c3ccc(OCCCO)cc3)=N[C@@]2(CCC(=O)OC(C)(C)C)C(=O)NCCF)c1. The van der Waals surface area contributed by atoms with E-state index in [0.29, 0.717) is 35.7 Å². The highest BCUT2D eigenvalue weighted by atomic mass is 19.1. The third-order valence-electron chi connectivity index (χ3n) is 5.94. The molecular formula is C29H37FN2O7. The maximum absolute atomic E-state index is 13.7. The van der Waals surface area contributed by atoms with E-state index >= 15 is 0 Å². The van der Waals surface area contributed by atoms with Crippen molar-refractivity contribution in [3.8, 4) is 11.5 Å². The standard InChI is InChI=1S/C29H37FN2O7/c1-28(2,3)39-24(34)13-14-29(27(35)31-16-15-30)25(21-7-5-8-23(19-21)36-4)38-26(32-29)20-9-11-22(12-10-20)37-18-6-17-33/h5,7-12,19,25,33H,6,13-18H2,1-4H3,(H,31,35)/t25-,29-/m1/s1. The van der Waals surface area contributed by atoms with Gasteiger partial charge in [0.25, 0.3) is 5.91 Å². The number of benzene rings is 2. The molecule has 9 nitrogen and oxygen atoms in total. The molecule has 39 heavy (non-hydrogen) atoms. The number of amides is 1. The van der Waals surface area contributed by atoms with Crippen LogP contribution in [0.15, 0.2) is 53.5 Å². The molecule has 1 heterocycles. The molecule has 0 aromatic heterocycles. The number of hydrogen-bond donors (Lipinski definition) is 2. The molecule has 0 fully saturated rings. The molecule has 2 aromatic rings. The van der Waals surface area contributed by atoms with Crippen LogP contribution in [0.1, 0.15) is 57.3 Å². The quantitative estimate of drug-likeness (QED) is 0.290. The number of alkyl halides is 1. The minimum absolute atomic E-state index is 0.0320. The molecule has 0 unspecified atom stereocenters. The van der Waals surface area contributed by atoms with Crippen molar-refractivity contribution in [2.24, 2.45) is 4.99 Å². The molecular weight excluding hydrogens is 507 g/mol. The van der Waals surface area contributed by atoms with E-state index in [1.54, 1.807) is 69.3 Å². The Hall–Kier alpha value is -3.66. The number of nitrogens with zero attached hydrogens (tertiary/aromatic N) is 1. The third-order valence-corrected chi connectivity index (χ3v) is 5.94. The van der Waals surface area contributed by atoms with Crippen LogP contribution in [0.5, 0.6) is 11.5 Å². The fourth-order valence-electron chi connectivity index (χ4n) is 4.17. The van der Waals surface area contributed by atoms with Gasteiger partial charge in [-0.1, -0.05) is 12.1 Å². The molecule has 1 amide bonds. The second kappa shape index (κ2) is 13.4. The van der Waals surface area contributed by atoms with Crippen LogP contribution in [0.2, 0.25) is 0 Å². The van der Waals surface area contributed by atoms with Gasteiger partial charge in [0, 0.05) is 31.6 Å². The first kappa shape index (κ1) is 29.9. The van der Waals surface area contributed by atoms with E-state index < -0.39 is 35.8 Å². The fourth-order valence-corrected chi connectivity index (χ4v) is 4.17. The number of nitrogens with one attached hydrogen (secondary N) is 1. The predicted octanol–water partition coefficient (Wildman–Crippen LogP) is 3.92. The summed E-state index contributed by atoms with van der Waals surface area (Å²) in [7, 11) is 1.53. The van der Waals surface area contributed by atoms with Gasteiger partial charge in [0.1, 0.15) is 23.8 Å². The number of carbonyl (C=O) groups excluding carboxylic acids is 2. The van der Waals surface area contributed by atoms with E-state index in [1.165, 1.54) is 7.11 Å². The Morgan fingerprint density at radius 1 is 1.15 bits per heavy atom. The molecule has 1 aliphatic rings. The Morgan fingerprint density at radius 2 is 1.90 bits per heavy atom. The van der Waals surface area contributed by atoms with Gasteiger partial charge in [-0.2, -0.15) is 0 Å². The lowest BCUT2D eigenvalue weighted by Gasteiger charge is -2.31. The van der Waals surface area contributed by atoms with E-state index in [-0.39, 0.29) is 31.9 Å². The van der Waals surface area contributed by atoms with Gasteiger partial charge < -0.3 is 29.4 Å². The lowest BCUT2D eigenvalue weighted by Crippen LogP contribution is -2.49. The summed E-state index contributed by atoms with van der Waals surface area (Å²) >= 11 is 0. The lowest BCUT2D eigenvalue weighted by molar-refractivity contribution is -0.155. The van der Waals surface area contributed by atoms with Gasteiger partial charge in [0.2, 0.25) is 5.90 Å². The number of methoxy groups -OCH3 is 1. The van der Waals surface area contributed by atoms with Crippen molar-refractivity contribution in [3.63, 3.8) is 0 Å². The average Bonchev–Trinajstić information content (AvgIpc) is 3.31. The van der Waals surface area contributed by atoms with Crippen molar-refractivity contribution < 1.29 is 38.0 Å². The molecule has 2 aromatic carbocycles. The van der Waals surface area contributed by atoms with Gasteiger partial charge in [-0.05, 0) is 69.2 Å². The van der Waals surface area contributed by atoms with Crippen LogP contribution in [-0.2, 0) is 19.1 Å². The maximum Gasteiger partial charge on any atom is 0.306 e. The summed E-state index contributed by atoms with van der Waals surface area (Å²) in [5.41, 5.74) is -1.08. The van der Waals surface area contributed by atoms with Crippen molar-refractivity contribution in [2.45, 2.75) is 57.3 Å². The molecule has 2 atom stereocenters. The Balaban J connectivity index is 2.02. The first-order valence-electron chi connectivity index (χ1n) is 12.9. The Kier molecular flexibility index (Phi) is 10.3. The van der Waals surface area contributed by atoms with Crippen LogP contribution in [0.3, 0.4) is 0 Å². The van der Waals surface area contributed by atoms with Crippen molar-refractivity contribution >= 4 is 17.8 Å². The zero-order valence-corrected chi connectivity index (χ0v) is 22.9. The minimum Gasteiger partial charge on any atom is -0.497 e. The highest BCUT2D eigenvalue weighted by Crippen LogP contribution is 2.44. The van der Waals surface area contributed by atoms with Crippen molar-refractivity contribution in [1.29, 1.82) is 0 Å². The van der Waals surface area contributed by atoms with E-state index in [9.17, 15) is 14.0 Å². The number of aliphatic hydroxyl groups excluding tert-OH is 1. The highest BCUT2D eigenvalue weighted by Gasteiger charge is 2.53. The Bertz CT molecular complexity index is 1150. The molecule has 0 spiro atoms. The van der Waals surface area contributed by atoms with Crippen LogP contribution in [0, 0.1) is 0 Å². The molecule has 0 saturated carbocycles. The average molecular weight is 545 g/mol. The van der Waals surface area contributed by atoms with Gasteiger partial charge in [0.05, 0.1) is 13.7 Å². The van der Waals surface area contributed by atoms with Gasteiger partial charge in [-0.25, -0.2) is 9.38 Å². The lowest BCUT2D eigenvalue weighted by atomic mass is 9.83. The molecule has 0 bridgehead atoms. The maximum atomic E-state index is 13.7. The van der Waals surface area contributed by atoms with Gasteiger partial charge >= 0.3 is 5.97 Å². The number of halogens is 1. The number of esters is 1. The topological polar surface area (TPSA) is 116 Å². The third kappa shape index (κ3) is 7.92. The molecule has 212 valence electrons. The predicted molar refractivity (Wildman–Crippen MR) is 144 cm³/mol. The molecule has 0 radical (unpaired) electrons. The monoisotopic (exact) mass is 544 g/mol. The largest absolute Gasteiger partial charge is 0.497 e. The van der Waals surface area contributed by atoms with Crippen LogP contribution < -0.4 is 14.8 Å². The molecule has 3 rings (SSSR count). The van der Waals surface area contributed by atoms with E-state index in [0.717, 1.165) is 0 Å². The van der Waals surface area contributed by atoms with Crippen LogP contribution >= 0.6 is 0 Å². The Labute approximate surface area is 228 Å². The molecule has 10 heteroatoms. The second-order valence-electron chi connectivity index (χ2n) is 10.1.